The van der Waals surface area contributed by atoms with Gasteiger partial charge in [-0.05, 0) is 91.5 Å². The number of amides is 2. The maximum absolute atomic E-state index is 13.5. The van der Waals surface area contributed by atoms with Gasteiger partial charge in [-0.3, -0.25) is 9.59 Å². The van der Waals surface area contributed by atoms with Crippen molar-refractivity contribution in [1.82, 2.24) is 0 Å². The molecular formula is C26H27NO4. The predicted molar refractivity (Wildman–Crippen MR) is 117 cm³/mol. The van der Waals surface area contributed by atoms with Gasteiger partial charge in [0, 0.05) is 6.07 Å². The predicted octanol–water partition coefficient (Wildman–Crippen LogP) is 4.97. The lowest BCUT2D eigenvalue weighted by Gasteiger charge is -2.57. The summed E-state index contributed by atoms with van der Waals surface area (Å²) in [4.78, 5) is 27.9. The summed E-state index contributed by atoms with van der Waals surface area (Å²) in [7, 11) is 3.10. The fourth-order valence-electron chi connectivity index (χ4n) is 7.23. The van der Waals surface area contributed by atoms with E-state index < -0.39 is 0 Å². The highest BCUT2D eigenvalue weighted by Gasteiger charge is 2.52. The van der Waals surface area contributed by atoms with Crippen molar-refractivity contribution in [3.63, 3.8) is 0 Å². The van der Waals surface area contributed by atoms with Crippen molar-refractivity contribution in [3.05, 3.63) is 53.1 Å². The summed E-state index contributed by atoms with van der Waals surface area (Å²) in [6.45, 7) is 0. The summed E-state index contributed by atoms with van der Waals surface area (Å²) in [5, 5.41) is 0. The van der Waals surface area contributed by atoms with Crippen LogP contribution in [0.1, 0.15) is 64.8 Å². The van der Waals surface area contributed by atoms with Crippen LogP contribution in [-0.4, -0.2) is 26.0 Å². The van der Waals surface area contributed by atoms with Gasteiger partial charge in [-0.1, -0.05) is 6.07 Å². The molecule has 0 N–H and O–H groups in total. The standard InChI is InChI=1S/C26H27NO4/c1-30-19-4-6-23(31-2)22(11-19)27-24(28)20-5-3-18(10-21(20)25(27)29)26-12-15-7-16(13-26)9-17(8-15)14-26/h3-6,10-11,15-17H,7-9,12-14H2,1-2H3. The molecular weight excluding hydrogens is 390 g/mol. The molecule has 5 aliphatic rings. The Balaban J connectivity index is 1.40. The van der Waals surface area contributed by atoms with E-state index in [1.54, 1.807) is 25.3 Å². The first-order valence-electron chi connectivity index (χ1n) is 11.3. The second kappa shape index (κ2) is 6.59. The molecule has 2 amide bonds. The monoisotopic (exact) mass is 417 g/mol. The quantitative estimate of drug-likeness (QED) is 0.659. The molecule has 31 heavy (non-hydrogen) atoms. The van der Waals surface area contributed by atoms with Gasteiger partial charge < -0.3 is 9.47 Å². The lowest BCUT2D eigenvalue weighted by Crippen LogP contribution is -2.48. The minimum absolute atomic E-state index is 0.189. The third-order valence-electron chi connectivity index (χ3n) is 8.16. The molecule has 0 atom stereocenters. The van der Waals surface area contributed by atoms with Gasteiger partial charge in [-0.2, -0.15) is 0 Å². The van der Waals surface area contributed by atoms with Gasteiger partial charge in [0.05, 0.1) is 31.0 Å². The number of fused-ring (bicyclic) bond motifs is 1. The first-order chi connectivity index (χ1) is 15.0. The van der Waals surface area contributed by atoms with Crippen molar-refractivity contribution in [2.75, 3.05) is 19.1 Å². The summed E-state index contributed by atoms with van der Waals surface area (Å²) in [6, 6.07) is 11.2. The zero-order chi connectivity index (χ0) is 21.3. The third-order valence-corrected chi connectivity index (χ3v) is 8.16. The fourth-order valence-corrected chi connectivity index (χ4v) is 7.23. The summed E-state index contributed by atoms with van der Waals surface area (Å²) >= 11 is 0. The molecule has 160 valence electrons. The Morgan fingerprint density at radius 1 is 0.806 bits per heavy atom. The van der Waals surface area contributed by atoms with Crippen molar-refractivity contribution in [3.8, 4) is 11.5 Å². The lowest BCUT2D eigenvalue weighted by atomic mass is 9.48. The topological polar surface area (TPSA) is 55.8 Å². The van der Waals surface area contributed by atoms with Crippen LogP contribution in [0.3, 0.4) is 0 Å². The number of benzene rings is 2. The first-order valence-corrected chi connectivity index (χ1v) is 11.3. The smallest absolute Gasteiger partial charge is 0.266 e. The molecule has 2 aromatic carbocycles. The van der Waals surface area contributed by atoms with Gasteiger partial charge in [-0.25, -0.2) is 4.90 Å². The van der Waals surface area contributed by atoms with E-state index in [2.05, 4.69) is 6.07 Å². The molecule has 5 nitrogen and oxygen atoms in total. The highest BCUT2D eigenvalue weighted by molar-refractivity contribution is 6.35. The summed E-state index contributed by atoms with van der Waals surface area (Å²) < 4.78 is 10.8. The Labute approximate surface area is 182 Å². The number of imide groups is 1. The van der Waals surface area contributed by atoms with Crippen LogP contribution in [0.2, 0.25) is 0 Å². The van der Waals surface area contributed by atoms with Gasteiger partial charge in [0.25, 0.3) is 11.8 Å². The number of nitrogens with zero attached hydrogens (tertiary/aromatic N) is 1. The SMILES string of the molecule is COc1ccc(OC)c(N2C(=O)c3ccc(C45CC6CC(CC(C6)C4)C5)cc3C2=O)c1. The minimum atomic E-state index is -0.302. The normalized spacial score (nSPS) is 30.6. The highest BCUT2D eigenvalue weighted by Crippen LogP contribution is 2.61. The molecule has 0 aromatic heterocycles. The van der Waals surface area contributed by atoms with Crippen LogP contribution in [0.25, 0.3) is 0 Å². The Bertz CT molecular complexity index is 1070. The fraction of sp³-hybridized carbons (Fsp3) is 0.462. The van der Waals surface area contributed by atoms with Crippen molar-refractivity contribution < 1.29 is 19.1 Å². The number of ether oxygens (including phenoxy) is 2. The second-order valence-corrected chi connectivity index (χ2v) is 9.94. The van der Waals surface area contributed by atoms with Gasteiger partial charge in [-0.15, -0.1) is 0 Å². The van der Waals surface area contributed by atoms with Crippen LogP contribution in [0.4, 0.5) is 5.69 Å². The molecule has 4 fully saturated rings. The molecule has 4 saturated carbocycles. The van der Waals surface area contributed by atoms with Crippen molar-refractivity contribution in [1.29, 1.82) is 0 Å². The van der Waals surface area contributed by atoms with Gasteiger partial charge in [0.15, 0.2) is 0 Å². The van der Waals surface area contributed by atoms with Crippen LogP contribution in [0.15, 0.2) is 36.4 Å². The Morgan fingerprint density at radius 2 is 1.45 bits per heavy atom. The number of hydrogen-bond acceptors (Lipinski definition) is 4. The Kier molecular flexibility index (Phi) is 4.02. The third kappa shape index (κ3) is 2.68. The summed E-state index contributed by atoms with van der Waals surface area (Å²) in [6.07, 6.45) is 7.83. The molecule has 0 radical (unpaired) electrons. The number of anilines is 1. The second-order valence-electron chi connectivity index (χ2n) is 9.94. The molecule has 0 spiro atoms. The molecule has 2 aromatic rings. The van der Waals surface area contributed by atoms with Crippen LogP contribution in [-0.2, 0) is 5.41 Å². The van der Waals surface area contributed by atoms with E-state index in [9.17, 15) is 9.59 Å². The lowest BCUT2D eigenvalue weighted by molar-refractivity contribution is -0.00520. The first kappa shape index (κ1) is 18.9. The van der Waals surface area contributed by atoms with Crippen molar-refractivity contribution in [2.24, 2.45) is 17.8 Å². The van der Waals surface area contributed by atoms with Crippen LogP contribution < -0.4 is 14.4 Å². The van der Waals surface area contributed by atoms with Crippen molar-refractivity contribution in [2.45, 2.75) is 43.9 Å². The van der Waals surface area contributed by atoms with E-state index in [-0.39, 0.29) is 17.2 Å². The van der Waals surface area contributed by atoms with E-state index in [0.717, 1.165) is 17.8 Å². The van der Waals surface area contributed by atoms with Gasteiger partial charge in [0.1, 0.15) is 11.5 Å². The molecule has 0 unspecified atom stereocenters. The zero-order valence-corrected chi connectivity index (χ0v) is 18.0. The molecule has 0 saturated heterocycles. The molecule has 1 aliphatic heterocycles. The molecule has 4 bridgehead atoms. The number of carbonyl (C=O) groups is 2. The molecule has 7 rings (SSSR count). The van der Waals surface area contributed by atoms with Crippen LogP contribution >= 0.6 is 0 Å². The maximum atomic E-state index is 13.5. The van der Waals surface area contributed by atoms with E-state index >= 15 is 0 Å². The Morgan fingerprint density at radius 3 is 2.06 bits per heavy atom. The average Bonchev–Trinajstić information content (AvgIpc) is 3.02. The van der Waals surface area contributed by atoms with Crippen LogP contribution in [0, 0.1) is 17.8 Å². The number of rotatable bonds is 4. The van der Waals surface area contributed by atoms with Crippen molar-refractivity contribution >= 4 is 17.5 Å². The molecule has 5 heteroatoms. The summed E-state index contributed by atoms with van der Waals surface area (Å²) in [5.74, 6) is 2.94. The van der Waals surface area contributed by atoms with Gasteiger partial charge in [0.2, 0.25) is 0 Å². The Hall–Kier alpha value is -2.82. The maximum Gasteiger partial charge on any atom is 0.266 e. The van der Waals surface area contributed by atoms with E-state index in [4.69, 9.17) is 9.47 Å². The molecule has 1 heterocycles. The number of methoxy groups -OCH3 is 2. The molecule has 4 aliphatic carbocycles. The zero-order valence-electron chi connectivity index (χ0n) is 18.0. The van der Waals surface area contributed by atoms with E-state index in [0.29, 0.717) is 28.3 Å². The van der Waals surface area contributed by atoms with Crippen LogP contribution in [0.5, 0.6) is 11.5 Å². The highest BCUT2D eigenvalue weighted by atomic mass is 16.5. The van der Waals surface area contributed by atoms with Gasteiger partial charge >= 0.3 is 0 Å². The minimum Gasteiger partial charge on any atom is -0.497 e. The number of carbonyl (C=O) groups excluding carboxylic acids is 2. The largest absolute Gasteiger partial charge is 0.497 e. The van der Waals surface area contributed by atoms with E-state index in [1.807, 2.05) is 12.1 Å². The number of hydrogen-bond donors (Lipinski definition) is 0. The van der Waals surface area contributed by atoms with E-state index in [1.165, 1.54) is 56.1 Å². The summed E-state index contributed by atoms with van der Waals surface area (Å²) in [5.41, 5.74) is 2.86. The average molecular weight is 418 g/mol.